The van der Waals surface area contributed by atoms with E-state index in [0.717, 1.165) is 12.1 Å². The second-order valence-corrected chi connectivity index (χ2v) is 2.75. The van der Waals surface area contributed by atoms with Crippen molar-refractivity contribution >= 4 is 5.76 Å². The molecule has 0 aliphatic carbocycles. The Morgan fingerprint density at radius 1 is 1.27 bits per heavy atom. The summed E-state index contributed by atoms with van der Waals surface area (Å²) in [6.45, 7) is 1.62. The van der Waals surface area contributed by atoms with E-state index in [1.807, 2.05) is 0 Å². The van der Waals surface area contributed by atoms with E-state index in [4.69, 9.17) is 0 Å². The molecule has 0 amide bonds. The Morgan fingerprint density at radius 3 is 2.20 bits per heavy atom. The topological polar surface area (TPSA) is 29.5 Å². The number of alkyl halides is 3. The van der Waals surface area contributed by atoms with Crippen LogP contribution in [0.2, 0.25) is 0 Å². The quantitative estimate of drug-likeness (QED) is 0.769. The lowest BCUT2D eigenvalue weighted by Gasteiger charge is -2.08. The highest BCUT2D eigenvalue weighted by molar-refractivity contribution is 5.58. The first-order valence-corrected chi connectivity index (χ1v) is 4.14. The second kappa shape index (κ2) is 4.25. The molecule has 0 aliphatic rings. The summed E-state index contributed by atoms with van der Waals surface area (Å²) in [6, 6.07) is 4.97. The van der Waals surface area contributed by atoms with Gasteiger partial charge >= 0.3 is 6.36 Å². The molecule has 1 aromatic carbocycles. The van der Waals surface area contributed by atoms with Crippen LogP contribution in [0.4, 0.5) is 13.2 Å². The molecule has 0 bridgehead atoms. The molecular formula is C10H9F3O2. The molecule has 2 nitrogen and oxygen atoms in total. The maximum atomic E-state index is 11.8. The van der Waals surface area contributed by atoms with Crippen molar-refractivity contribution in [3.05, 3.63) is 35.9 Å². The van der Waals surface area contributed by atoms with E-state index in [1.165, 1.54) is 18.2 Å². The van der Waals surface area contributed by atoms with Gasteiger partial charge in [-0.2, -0.15) is 0 Å². The zero-order valence-electron chi connectivity index (χ0n) is 7.88. The van der Waals surface area contributed by atoms with Gasteiger partial charge in [0.1, 0.15) is 11.5 Å². The molecule has 0 aliphatic heterocycles. The molecule has 0 unspecified atom stereocenters. The third-order valence-electron chi connectivity index (χ3n) is 1.66. The predicted molar refractivity (Wildman–Crippen MR) is 49.4 cm³/mol. The molecule has 82 valence electrons. The van der Waals surface area contributed by atoms with Crippen LogP contribution in [0.3, 0.4) is 0 Å². The monoisotopic (exact) mass is 218 g/mol. The molecule has 1 N–H and O–H groups in total. The number of aliphatic hydroxyl groups is 1. The van der Waals surface area contributed by atoms with Gasteiger partial charge in [0.05, 0.1) is 0 Å². The van der Waals surface area contributed by atoms with E-state index >= 15 is 0 Å². The van der Waals surface area contributed by atoms with Gasteiger partial charge < -0.3 is 9.84 Å². The number of halogens is 3. The van der Waals surface area contributed by atoms with Crippen LogP contribution >= 0.6 is 0 Å². The number of allylic oxidation sites excluding steroid dienone is 1. The van der Waals surface area contributed by atoms with Crippen LogP contribution in [0.1, 0.15) is 12.5 Å². The van der Waals surface area contributed by atoms with Crippen LogP contribution in [0.5, 0.6) is 5.75 Å². The predicted octanol–water partition coefficient (Wildman–Crippen LogP) is 3.50. The van der Waals surface area contributed by atoms with E-state index in [9.17, 15) is 18.3 Å². The zero-order chi connectivity index (χ0) is 11.5. The molecule has 5 heteroatoms. The van der Waals surface area contributed by atoms with Crippen LogP contribution < -0.4 is 4.74 Å². The van der Waals surface area contributed by atoms with Crippen molar-refractivity contribution in [1.29, 1.82) is 0 Å². The summed E-state index contributed by atoms with van der Waals surface area (Å²) in [6.07, 6.45) is -3.25. The van der Waals surface area contributed by atoms with Gasteiger partial charge in [-0.1, -0.05) is 0 Å². The average molecular weight is 218 g/mol. The van der Waals surface area contributed by atoms with Crippen LogP contribution in [-0.2, 0) is 0 Å². The minimum atomic E-state index is -4.69. The lowest BCUT2D eigenvalue weighted by molar-refractivity contribution is -0.274. The van der Waals surface area contributed by atoms with Gasteiger partial charge in [-0.3, -0.25) is 0 Å². The molecular weight excluding hydrogens is 209 g/mol. The zero-order valence-corrected chi connectivity index (χ0v) is 7.88. The minimum Gasteiger partial charge on any atom is -0.508 e. The average Bonchev–Trinajstić information content (AvgIpc) is 2.15. The summed E-state index contributed by atoms with van der Waals surface area (Å²) in [5, 5.41) is 9.25. The van der Waals surface area contributed by atoms with E-state index in [-0.39, 0.29) is 11.5 Å². The van der Waals surface area contributed by atoms with Gasteiger partial charge in [0.2, 0.25) is 0 Å². The maximum Gasteiger partial charge on any atom is 0.573 e. The van der Waals surface area contributed by atoms with Gasteiger partial charge in [-0.05, 0) is 37.3 Å². The Bertz CT molecular complexity index is 352. The molecule has 15 heavy (non-hydrogen) atoms. The molecule has 0 heterocycles. The van der Waals surface area contributed by atoms with Crippen LogP contribution in [0.25, 0.3) is 5.76 Å². The molecule has 1 rings (SSSR count). The molecule has 0 spiro atoms. The number of rotatable bonds is 2. The number of benzene rings is 1. The highest BCUT2D eigenvalue weighted by Crippen LogP contribution is 2.23. The number of hydrogen-bond acceptors (Lipinski definition) is 2. The Balaban J connectivity index is 2.82. The minimum absolute atomic E-state index is 0.00792. The molecule has 0 fully saturated rings. The van der Waals surface area contributed by atoms with Crippen molar-refractivity contribution in [2.24, 2.45) is 0 Å². The fraction of sp³-hybridized carbons (Fsp3) is 0.200. The highest BCUT2D eigenvalue weighted by Gasteiger charge is 2.30. The van der Waals surface area contributed by atoms with Crippen LogP contribution in [0.15, 0.2) is 30.3 Å². The fourth-order valence-corrected chi connectivity index (χ4v) is 0.994. The Labute approximate surface area is 84.6 Å². The third kappa shape index (κ3) is 3.53. The molecule has 0 radical (unpaired) electrons. The second-order valence-electron chi connectivity index (χ2n) is 2.75. The molecule has 0 atom stereocenters. The first-order valence-electron chi connectivity index (χ1n) is 4.14. The van der Waals surface area contributed by atoms with Gasteiger partial charge in [-0.15, -0.1) is 13.2 Å². The number of hydrogen-bond donors (Lipinski definition) is 1. The van der Waals surface area contributed by atoms with E-state index in [2.05, 4.69) is 4.74 Å². The van der Waals surface area contributed by atoms with E-state index in [0.29, 0.717) is 5.56 Å². The lowest BCUT2D eigenvalue weighted by Crippen LogP contribution is -2.16. The SMILES string of the molecule is CC=C(O)c1ccc(OC(F)(F)F)cc1. The van der Waals surface area contributed by atoms with Crippen molar-refractivity contribution in [2.45, 2.75) is 13.3 Å². The normalized spacial score (nSPS) is 12.7. The van der Waals surface area contributed by atoms with Gasteiger partial charge in [-0.25, -0.2) is 0 Å². The molecule has 0 aromatic heterocycles. The first-order chi connectivity index (χ1) is 6.92. The van der Waals surface area contributed by atoms with Crippen molar-refractivity contribution in [1.82, 2.24) is 0 Å². The summed E-state index contributed by atoms with van der Waals surface area (Å²) in [4.78, 5) is 0. The van der Waals surface area contributed by atoms with Crippen molar-refractivity contribution < 1.29 is 23.0 Å². The smallest absolute Gasteiger partial charge is 0.508 e. The third-order valence-corrected chi connectivity index (χ3v) is 1.66. The number of ether oxygens (including phenoxy) is 1. The fourth-order valence-electron chi connectivity index (χ4n) is 0.994. The Morgan fingerprint density at radius 2 is 1.80 bits per heavy atom. The van der Waals surface area contributed by atoms with E-state index in [1.54, 1.807) is 6.92 Å². The van der Waals surface area contributed by atoms with Gasteiger partial charge in [0, 0.05) is 5.56 Å². The summed E-state index contributed by atoms with van der Waals surface area (Å²) < 4.78 is 39.0. The molecule has 0 saturated heterocycles. The highest BCUT2D eigenvalue weighted by atomic mass is 19.4. The lowest BCUT2D eigenvalue weighted by atomic mass is 10.2. The molecule has 0 saturated carbocycles. The summed E-state index contributed by atoms with van der Waals surface area (Å²) >= 11 is 0. The summed E-state index contributed by atoms with van der Waals surface area (Å²) in [7, 11) is 0. The van der Waals surface area contributed by atoms with Crippen LogP contribution in [-0.4, -0.2) is 11.5 Å². The number of aliphatic hydroxyl groups excluding tert-OH is 1. The summed E-state index contributed by atoms with van der Waals surface area (Å²) in [5.74, 6) is -0.302. The van der Waals surface area contributed by atoms with Crippen molar-refractivity contribution in [3.8, 4) is 5.75 Å². The standard InChI is InChI=1S/C10H9F3O2/c1-2-9(14)7-3-5-8(6-4-7)15-10(11,12)13/h2-6,14H,1H3. The summed E-state index contributed by atoms with van der Waals surface area (Å²) in [5.41, 5.74) is 0.437. The van der Waals surface area contributed by atoms with Crippen molar-refractivity contribution in [2.75, 3.05) is 0 Å². The first kappa shape index (κ1) is 11.4. The van der Waals surface area contributed by atoms with Gasteiger partial charge in [0.15, 0.2) is 0 Å². The Hall–Kier alpha value is -1.65. The maximum absolute atomic E-state index is 11.8. The van der Waals surface area contributed by atoms with Crippen LogP contribution in [0, 0.1) is 0 Å². The van der Waals surface area contributed by atoms with E-state index < -0.39 is 6.36 Å². The van der Waals surface area contributed by atoms with Gasteiger partial charge in [0.25, 0.3) is 0 Å². The van der Waals surface area contributed by atoms with Crippen molar-refractivity contribution in [3.63, 3.8) is 0 Å². The largest absolute Gasteiger partial charge is 0.573 e. The molecule has 1 aromatic rings. The Kier molecular flexibility index (Phi) is 3.24.